The Balaban J connectivity index is 1.64. The third kappa shape index (κ3) is 2.79. The summed E-state index contributed by atoms with van der Waals surface area (Å²) in [4.78, 5) is 23.6. The van der Waals surface area contributed by atoms with E-state index in [0.717, 1.165) is 5.82 Å². The van der Waals surface area contributed by atoms with Crippen LogP contribution in [-0.4, -0.2) is 53.3 Å². The van der Waals surface area contributed by atoms with Gasteiger partial charge >= 0.3 is 0 Å². The number of aryl methyl sites for hydroxylation is 1. The third-order valence-electron chi connectivity index (χ3n) is 4.40. The molecule has 1 fully saturated rings. The van der Waals surface area contributed by atoms with Crippen LogP contribution in [0.1, 0.15) is 5.69 Å². The lowest BCUT2D eigenvalue weighted by Gasteiger charge is -2.34. The molecule has 4 heterocycles. The molecule has 0 unspecified atom stereocenters. The summed E-state index contributed by atoms with van der Waals surface area (Å²) >= 11 is 1.30. The Labute approximate surface area is 154 Å². The second-order valence-electron chi connectivity index (χ2n) is 5.97. The van der Waals surface area contributed by atoms with Crippen molar-refractivity contribution in [1.29, 1.82) is 0 Å². The first-order chi connectivity index (χ1) is 12.5. The highest BCUT2D eigenvalue weighted by molar-refractivity contribution is 7.89. The molecule has 0 saturated carbocycles. The van der Waals surface area contributed by atoms with Crippen LogP contribution in [0.2, 0.25) is 0 Å². The van der Waals surface area contributed by atoms with E-state index in [1.807, 2.05) is 23.1 Å². The highest BCUT2D eigenvalue weighted by atomic mass is 32.2. The number of thiazole rings is 1. The predicted octanol–water partition coefficient (Wildman–Crippen LogP) is 0.970. The minimum atomic E-state index is -3.90. The van der Waals surface area contributed by atoms with Crippen molar-refractivity contribution in [3.63, 3.8) is 0 Å². The summed E-state index contributed by atoms with van der Waals surface area (Å²) in [6.45, 7) is 3.20. The highest BCUT2D eigenvalue weighted by Crippen LogP contribution is 2.20. The Hall–Kier alpha value is -2.30. The summed E-state index contributed by atoms with van der Waals surface area (Å²) in [5.41, 5.74) is -0.300. The van der Waals surface area contributed by atoms with Crippen LogP contribution in [0.25, 0.3) is 4.96 Å². The zero-order valence-corrected chi connectivity index (χ0v) is 15.7. The average Bonchev–Trinajstić information content (AvgIpc) is 3.11. The lowest BCUT2D eigenvalue weighted by molar-refractivity contribution is 0.383. The maximum absolute atomic E-state index is 13.1. The van der Waals surface area contributed by atoms with Gasteiger partial charge in [0.1, 0.15) is 5.82 Å². The van der Waals surface area contributed by atoms with Crippen molar-refractivity contribution in [3.8, 4) is 0 Å². The third-order valence-corrected chi connectivity index (χ3v) is 7.19. The maximum atomic E-state index is 13.1. The molecule has 10 heteroatoms. The number of anilines is 1. The van der Waals surface area contributed by atoms with E-state index in [-0.39, 0.29) is 10.6 Å². The zero-order valence-electron chi connectivity index (χ0n) is 14.1. The summed E-state index contributed by atoms with van der Waals surface area (Å²) in [6.07, 6.45) is 3.26. The second kappa shape index (κ2) is 6.45. The molecule has 8 nitrogen and oxygen atoms in total. The Bertz CT molecular complexity index is 1100. The van der Waals surface area contributed by atoms with Crippen LogP contribution in [0.5, 0.6) is 0 Å². The molecule has 0 amide bonds. The Morgan fingerprint density at radius 1 is 1.15 bits per heavy atom. The number of aromatic nitrogens is 3. The van der Waals surface area contributed by atoms with Gasteiger partial charge in [0.15, 0.2) is 9.86 Å². The van der Waals surface area contributed by atoms with Crippen molar-refractivity contribution in [3.05, 3.63) is 52.0 Å². The molecular weight excluding hydrogens is 374 g/mol. The maximum Gasteiger partial charge on any atom is 0.279 e. The normalized spacial score (nSPS) is 16.3. The quantitative estimate of drug-likeness (QED) is 0.661. The van der Waals surface area contributed by atoms with Gasteiger partial charge in [0.25, 0.3) is 15.6 Å². The lowest BCUT2D eigenvalue weighted by atomic mass is 10.3. The standard InChI is InChI=1S/C16H17N5O3S2/c1-12-14(15(22)21-10-11-25-16(21)18-12)26(23,24)20-8-6-19(7-9-20)13-4-2-3-5-17-13/h2-5,10-11H,6-9H2,1H3. The van der Waals surface area contributed by atoms with E-state index in [9.17, 15) is 13.2 Å². The number of fused-ring (bicyclic) bond motifs is 1. The fourth-order valence-corrected chi connectivity index (χ4v) is 5.48. The van der Waals surface area contributed by atoms with Gasteiger partial charge in [-0.3, -0.25) is 9.20 Å². The van der Waals surface area contributed by atoms with Crippen molar-refractivity contribution >= 4 is 32.1 Å². The highest BCUT2D eigenvalue weighted by Gasteiger charge is 2.33. The van der Waals surface area contributed by atoms with Crippen LogP contribution in [0.4, 0.5) is 5.82 Å². The van der Waals surface area contributed by atoms with E-state index in [4.69, 9.17) is 0 Å². The minimum absolute atomic E-state index is 0.236. The van der Waals surface area contributed by atoms with Crippen LogP contribution in [0, 0.1) is 6.92 Å². The van der Waals surface area contributed by atoms with Crippen LogP contribution >= 0.6 is 11.3 Å². The summed E-state index contributed by atoms with van der Waals surface area (Å²) in [5.74, 6) is 0.821. The minimum Gasteiger partial charge on any atom is -0.354 e. The summed E-state index contributed by atoms with van der Waals surface area (Å²) in [6, 6.07) is 5.64. The van der Waals surface area contributed by atoms with Gasteiger partial charge in [-0.15, -0.1) is 11.3 Å². The first-order valence-electron chi connectivity index (χ1n) is 8.11. The van der Waals surface area contributed by atoms with Gasteiger partial charge in [-0.05, 0) is 19.1 Å². The predicted molar refractivity (Wildman–Crippen MR) is 99.3 cm³/mol. The molecular formula is C16H17N5O3S2. The smallest absolute Gasteiger partial charge is 0.279 e. The molecule has 0 atom stereocenters. The van der Waals surface area contributed by atoms with Crippen LogP contribution in [-0.2, 0) is 10.0 Å². The van der Waals surface area contributed by atoms with Gasteiger partial charge in [0.2, 0.25) is 0 Å². The average molecular weight is 391 g/mol. The van der Waals surface area contributed by atoms with E-state index >= 15 is 0 Å². The van der Waals surface area contributed by atoms with E-state index in [0.29, 0.717) is 31.1 Å². The largest absolute Gasteiger partial charge is 0.354 e. The number of piperazine rings is 1. The number of rotatable bonds is 3. The van der Waals surface area contributed by atoms with Crippen LogP contribution < -0.4 is 10.5 Å². The molecule has 1 aliphatic heterocycles. The van der Waals surface area contributed by atoms with E-state index < -0.39 is 15.6 Å². The molecule has 136 valence electrons. The van der Waals surface area contributed by atoms with Gasteiger partial charge in [0, 0.05) is 44.0 Å². The zero-order chi connectivity index (χ0) is 18.3. The fourth-order valence-electron chi connectivity index (χ4n) is 3.09. The topological polar surface area (TPSA) is 87.9 Å². The molecule has 1 aliphatic rings. The van der Waals surface area contributed by atoms with Crippen LogP contribution in [0.3, 0.4) is 0 Å². The lowest BCUT2D eigenvalue weighted by Crippen LogP contribution is -2.50. The second-order valence-corrected chi connectivity index (χ2v) is 8.71. The van der Waals surface area contributed by atoms with Crippen molar-refractivity contribution in [2.45, 2.75) is 11.8 Å². The molecule has 0 spiro atoms. The van der Waals surface area contributed by atoms with Gasteiger partial charge in [-0.1, -0.05) is 6.07 Å². The number of nitrogens with zero attached hydrogens (tertiary/aromatic N) is 5. The molecule has 0 radical (unpaired) electrons. The number of pyridine rings is 1. The SMILES string of the molecule is Cc1nc2sccn2c(=O)c1S(=O)(=O)N1CCN(c2ccccn2)CC1. The number of hydrogen-bond acceptors (Lipinski definition) is 7. The first kappa shape index (κ1) is 17.1. The fraction of sp³-hybridized carbons (Fsp3) is 0.312. The van der Waals surface area contributed by atoms with E-state index in [2.05, 4.69) is 9.97 Å². The van der Waals surface area contributed by atoms with Crippen molar-refractivity contribution < 1.29 is 8.42 Å². The first-order valence-corrected chi connectivity index (χ1v) is 10.4. The molecule has 0 aliphatic carbocycles. The Morgan fingerprint density at radius 2 is 1.92 bits per heavy atom. The Kier molecular flexibility index (Phi) is 4.25. The molecule has 0 N–H and O–H groups in total. The van der Waals surface area contributed by atoms with Crippen molar-refractivity contribution in [1.82, 2.24) is 18.7 Å². The molecule has 1 saturated heterocycles. The molecule has 4 rings (SSSR count). The summed E-state index contributed by atoms with van der Waals surface area (Å²) in [5, 5.41) is 1.71. The molecule has 3 aromatic heterocycles. The van der Waals surface area contributed by atoms with Gasteiger partial charge < -0.3 is 4.90 Å². The van der Waals surface area contributed by atoms with E-state index in [1.54, 1.807) is 24.7 Å². The van der Waals surface area contributed by atoms with Crippen molar-refractivity contribution in [2.75, 3.05) is 31.1 Å². The molecule has 0 aromatic carbocycles. The van der Waals surface area contributed by atoms with E-state index in [1.165, 1.54) is 20.0 Å². The number of hydrogen-bond donors (Lipinski definition) is 0. The van der Waals surface area contributed by atoms with Crippen LogP contribution in [0.15, 0.2) is 45.7 Å². The monoisotopic (exact) mass is 391 g/mol. The Morgan fingerprint density at radius 3 is 2.62 bits per heavy atom. The molecule has 26 heavy (non-hydrogen) atoms. The van der Waals surface area contributed by atoms with Crippen molar-refractivity contribution in [2.24, 2.45) is 0 Å². The summed E-state index contributed by atoms with van der Waals surface area (Å²) < 4.78 is 28.8. The van der Waals surface area contributed by atoms with Gasteiger partial charge in [-0.2, -0.15) is 4.31 Å². The molecule has 3 aromatic rings. The molecule has 0 bridgehead atoms. The van der Waals surface area contributed by atoms with Gasteiger partial charge in [0.05, 0.1) is 5.69 Å². The van der Waals surface area contributed by atoms with Gasteiger partial charge in [-0.25, -0.2) is 18.4 Å². The summed E-state index contributed by atoms with van der Waals surface area (Å²) in [7, 11) is -3.90. The number of sulfonamides is 1.